The maximum absolute atomic E-state index is 12.6. The highest BCUT2D eigenvalue weighted by molar-refractivity contribution is 6.05. The van der Waals surface area contributed by atoms with E-state index < -0.39 is 0 Å². The van der Waals surface area contributed by atoms with Crippen LogP contribution in [0.25, 0.3) is 11.0 Å². The van der Waals surface area contributed by atoms with Gasteiger partial charge in [-0.15, -0.1) is 0 Å². The third-order valence-electron chi connectivity index (χ3n) is 4.36. The van der Waals surface area contributed by atoms with Crippen LogP contribution >= 0.6 is 0 Å². The van der Waals surface area contributed by atoms with Crippen LogP contribution in [0, 0.1) is 6.92 Å². The number of pyridine rings is 1. The monoisotopic (exact) mass is 333 g/mol. The zero-order chi connectivity index (χ0) is 17.2. The second kappa shape index (κ2) is 6.47. The Labute approximate surface area is 145 Å². The summed E-state index contributed by atoms with van der Waals surface area (Å²) in [4.78, 5) is 28.4. The highest BCUT2D eigenvalue weighted by atomic mass is 16.1. The summed E-state index contributed by atoms with van der Waals surface area (Å²) in [6.07, 6.45) is 3.84. The molecule has 0 radical (unpaired) electrons. The maximum Gasteiger partial charge on any atom is 0.258 e. The Hall–Kier alpha value is -3.02. The second-order valence-corrected chi connectivity index (χ2v) is 6.22. The standard InChI is InChI=1S/C19H19N5O/c1-13-8-9-14(12-20-13)19(25)23-17-18(24-10-4-5-11-24)22-16-7-3-2-6-15(16)21-17/h2-3,6-9,12H,4-5,10-11H2,1H3,(H,21,23,25). The molecule has 0 unspecified atom stereocenters. The van der Waals surface area contributed by atoms with Crippen LogP contribution in [-0.4, -0.2) is 33.9 Å². The van der Waals surface area contributed by atoms with Crippen molar-refractivity contribution in [1.82, 2.24) is 15.0 Å². The lowest BCUT2D eigenvalue weighted by molar-refractivity contribution is 0.102. The van der Waals surface area contributed by atoms with Crippen LogP contribution in [0.1, 0.15) is 28.9 Å². The minimum Gasteiger partial charge on any atom is -0.354 e. The number of carbonyl (C=O) groups is 1. The molecule has 1 fully saturated rings. The summed E-state index contributed by atoms with van der Waals surface area (Å²) in [5, 5.41) is 2.92. The second-order valence-electron chi connectivity index (χ2n) is 6.22. The summed E-state index contributed by atoms with van der Waals surface area (Å²) >= 11 is 0. The van der Waals surface area contributed by atoms with E-state index in [4.69, 9.17) is 4.98 Å². The lowest BCUT2D eigenvalue weighted by atomic mass is 10.2. The van der Waals surface area contributed by atoms with Crippen molar-refractivity contribution >= 4 is 28.6 Å². The minimum absolute atomic E-state index is 0.225. The van der Waals surface area contributed by atoms with Crippen LogP contribution in [0.3, 0.4) is 0 Å². The Balaban J connectivity index is 1.72. The smallest absolute Gasteiger partial charge is 0.258 e. The number of hydrogen-bond donors (Lipinski definition) is 1. The first-order chi connectivity index (χ1) is 12.2. The zero-order valence-corrected chi connectivity index (χ0v) is 14.1. The number of nitrogens with one attached hydrogen (secondary N) is 1. The Kier molecular flexibility index (Phi) is 4.01. The molecule has 4 rings (SSSR count). The summed E-state index contributed by atoms with van der Waals surface area (Å²) in [5.41, 5.74) is 2.98. The van der Waals surface area contributed by atoms with Crippen molar-refractivity contribution < 1.29 is 4.79 Å². The van der Waals surface area contributed by atoms with Gasteiger partial charge >= 0.3 is 0 Å². The van der Waals surface area contributed by atoms with Crippen molar-refractivity contribution in [2.75, 3.05) is 23.3 Å². The largest absolute Gasteiger partial charge is 0.354 e. The SMILES string of the molecule is Cc1ccc(C(=O)Nc2nc3ccccc3nc2N2CCCC2)cn1. The highest BCUT2D eigenvalue weighted by Crippen LogP contribution is 2.28. The van der Waals surface area contributed by atoms with Gasteiger partial charge in [0.2, 0.25) is 0 Å². The molecular weight excluding hydrogens is 314 g/mol. The molecule has 3 heterocycles. The van der Waals surface area contributed by atoms with E-state index in [1.807, 2.05) is 37.3 Å². The van der Waals surface area contributed by atoms with Crippen LogP contribution in [0.5, 0.6) is 0 Å². The van der Waals surface area contributed by atoms with Gasteiger partial charge in [-0.2, -0.15) is 0 Å². The molecule has 1 aromatic carbocycles. The van der Waals surface area contributed by atoms with Gasteiger partial charge in [0.05, 0.1) is 16.6 Å². The van der Waals surface area contributed by atoms with Crippen LogP contribution in [-0.2, 0) is 0 Å². The number of nitrogens with zero attached hydrogens (tertiary/aromatic N) is 4. The number of anilines is 2. The molecule has 126 valence electrons. The molecule has 1 saturated heterocycles. The number of benzene rings is 1. The average Bonchev–Trinajstić information content (AvgIpc) is 3.16. The Bertz CT molecular complexity index is 917. The molecule has 0 bridgehead atoms. The maximum atomic E-state index is 12.6. The molecule has 0 aliphatic carbocycles. The molecule has 1 aliphatic heterocycles. The summed E-state index contributed by atoms with van der Waals surface area (Å²) in [5.74, 6) is 1.02. The number of fused-ring (bicyclic) bond motifs is 1. The molecule has 0 saturated carbocycles. The van der Waals surface area contributed by atoms with Crippen LogP contribution in [0.4, 0.5) is 11.6 Å². The first-order valence-electron chi connectivity index (χ1n) is 8.46. The van der Waals surface area contributed by atoms with Crippen molar-refractivity contribution in [3.05, 3.63) is 53.9 Å². The van der Waals surface area contributed by atoms with E-state index >= 15 is 0 Å². The lowest BCUT2D eigenvalue weighted by Gasteiger charge is -2.20. The topological polar surface area (TPSA) is 71.0 Å². The van der Waals surface area contributed by atoms with E-state index in [-0.39, 0.29) is 5.91 Å². The van der Waals surface area contributed by atoms with Crippen molar-refractivity contribution in [3.63, 3.8) is 0 Å². The molecule has 0 spiro atoms. The highest BCUT2D eigenvalue weighted by Gasteiger charge is 2.21. The van der Waals surface area contributed by atoms with E-state index in [2.05, 4.69) is 20.2 Å². The molecule has 0 atom stereocenters. The summed E-state index contributed by atoms with van der Waals surface area (Å²) in [7, 11) is 0. The zero-order valence-electron chi connectivity index (χ0n) is 14.1. The van der Waals surface area contributed by atoms with E-state index in [9.17, 15) is 4.79 Å². The number of aromatic nitrogens is 3. The minimum atomic E-state index is -0.225. The number of carbonyl (C=O) groups excluding carboxylic acids is 1. The third kappa shape index (κ3) is 3.15. The van der Waals surface area contributed by atoms with Gasteiger partial charge in [0, 0.05) is 25.0 Å². The first-order valence-corrected chi connectivity index (χ1v) is 8.46. The third-order valence-corrected chi connectivity index (χ3v) is 4.36. The number of hydrogen-bond acceptors (Lipinski definition) is 5. The summed E-state index contributed by atoms with van der Waals surface area (Å²) in [6.45, 7) is 3.76. The van der Waals surface area contributed by atoms with Gasteiger partial charge in [-0.05, 0) is 44.0 Å². The van der Waals surface area contributed by atoms with Crippen LogP contribution in [0.2, 0.25) is 0 Å². The predicted molar refractivity (Wildman–Crippen MR) is 97.9 cm³/mol. The van der Waals surface area contributed by atoms with Gasteiger partial charge in [-0.3, -0.25) is 9.78 Å². The van der Waals surface area contributed by atoms with Gasteiger partial charge in [0.25, 0.3) is 5.91 Å². The normalized spacial score (nSPS) is 14.0. The summed E-state index contributed by atoms with van der Waals surface area (Å²) in [6, 6.07) is 11.3. The summed E-state index contributed by atoms with van der Waals surface area (Å²) < 4.78 is 0. The Morgan fingerprint density at radius 2 is 1.76 bits per heavy atom. The fourth-order valence-corrected chi connectivity index (χ4v) is 3.01. The van der Waals surface area contributed by atoms with Crippen LogP contribution < -0.4 is 10.2 Å². The van der Waals surface area contributed by atoms with Crippen LogP contribution in [0.15, 0.2) is 42.6 Å². The van der Waals surface area contributed by atoms with E-state index in [1.165, 1.54) is 0 Å². The van der Waals surface area contributed by atoms with E-state index in [0.29, 0.717) is 11.4 Å². The Morgan fingerprint density at radius 3 is 2.44 bits per heavy atom. The molecule has 25 heavy (non-hydrogen) atoms. The number of aryl methyl sites for hydroxylation is 1. The van der Waals surface area contributed by atoms with Crippen molar-refractivity contribution in [2.24, 2.45) is 0 Å². The molecule has 2 aromatic heterocycles. The number of rotatable bonds is 3. The average molecular weight is 333 g/mol. The molecule has 1 amide bonds. The fourth-order valence-electron chi connectivity index (χ4n) is 3.01. The fraction of sp³-hybridized carbons (Fsp3) is 0.263. The van der Waals surface area contributed by atoms with E-state index in [1.54, 1.807) is 12.3 Å². The molecule has 1 aliphatic rings. The number of amides is 1. The first kappa shape index (κ1) is 15.5. The van der Waals surface area contributed by atoms with Crippen molar-refractivity contribution in [1.29, 1.82) is 0 Å². The predicted octanol–water partition coefficient (Wildman–Crippen LogP) is 3.19. The molecule has 1 N–H and O–H groups in total. The van der Waals surface area contributed by atoms with Crippen molar-refractivity contribution in [2.45, 2.75) is 19.8 Å². The number of para-hydroxylation sites is 2. The Morgan fingerprint density at radius 1 is 1.04 bits per heavy atom. The van der Waals surface area contributed by atoms with Gasteiger partial charge < -0.3 is 10.2 Å². The van der Waals surface area contributed by atoms with Gasteiger partial charge in [0.15, 0.2) is 11.6 Å². The molecule has 6 heteroatoms. The van der Waals surface area contributed by atoms with Gasteiger partial charge in [0.1, 0.15) is 0 Å². The molecule has 6 nitrogen and oxygen atoms in total. The van der Waals surface area contributed by atoms with E-state index in [0.717, 1.165) is 48.5 Å². The van der Waals surface area contributed by atoms with Gasteiger partial charge in [-0.25, -0.2) is 9.97 Å². The van der Waals surface area contributed by atoms with Crippen molar-refractivity contribution in [3.8, 4) is 0 Å². The molecular formula is C19H19N5O. The van der Waals surface area contributed by atoms with Gasteiger partial charge in [-0.1, -0.05) is 12.1 Å². The lowest BCUT2D eigenvalue weighted by Crippen LogP contribution is -2.23. The molecule has 3 aromatic rings. The quantitative estimate of drug-likeness (QED) is 0.797.